The van der Waals surface area contributed by atoms with E-state index in [4.69, 9.17) is 10.5 Å². The molecule has 0 unspecified atom stereocenters. The molecule has 4 N–H and O–H groups in total. The Balaban J connectivity index is 1.69. The van der Waals surface area contributed by atoms with Crippen LogP contribution in [0, 0.1) is 17.6 Å². The number of hydrogen-bond acceptors (Lipinski definition) is 6. The summed E-state index contributed by atoms with van der Waals surface area (Å²) in [5, 5.41) is 12.1. The van der Waals surface area contributed by atoms with Gasteiger partial charge in [-0.25, -0.2) is 13.6 Å². The lowest BCUT2D eigenvalue weighted by Gasteiger charge is -2.40. The Morgan fingerprint density at radius 1 is 1.08 bits per heavy atom. The van der Waals surface area contributed by atoms with Gasteiger partial charge in [0.15, 0.2) is 0 Å². The van der Waals surface area contributed by atoms with Gasteiger partial charge in [-0.15, -0.1) is 11.8 Å². The number of aromatic nitrogens is 1. The number of rotatable bonds is 18. The summed E-state index contributed by atoms with van der Waals surface area (Å²) in [4.78, 5) is 39.9. The van der Waals surface area contributed by atoms with E-state index in [-0.39, 0.29) is 35.4 Å². The van der Waals surface area contributed by atoms with Crippen molar-refractivity contribution in [3.05, 3.63) is 83.7 Å². The molecule has 1 aliphatic rings. The summed E-state index contributed by atoms with van der Waals surface area (Å²) in [7, 11) is -1.36. The molecule has 0 spiro atoms. The number of carboxylic acids is 1. The number of nitrogens with one attached hydrogen (secondary N) is 1. The molecule has 278 valence electrons. The fourth-order valence-corrected chi connectivity index (χ4v) is 8.02. The van der Waals surface area contributed by atoms with Gasteiger partial charge in [0, 0.05) is 56.5 Å². The smallest absolute Gasteiger partial charge is 0.407 e. The Hall–Kier alpha value is -3.68. The number of carboxylic acid groups (broad SMARTS) is 1. The van der Waals surface area contributed by atoms with Crippen molar-refractivity contribution in [3.8, 4) is 11.1 Å². The van der Waals surface area contributed by atoms with Crippen molar-refractivity contribution < 1.29 is 33.0 Å². The summed E-state index contributed by atoms with van der Waals surface area (Å²) in [6.45, 7) is 8.04. The third-order valence-corrected chi connectivity index (χ3v) is 11.9. The number of nitrogens with two attached hydrogens (primary N) is 1. The van der Waals surface area contributed by atoms with Crippen molar-refractivity contribution in [2.24, 2.45) is 11.7 Å². The number of benzene rings is 2. The maximum Gasteiger partial charge on any atom is 0.407 e. The summed E-state index contributed by atoms with van der Waals surface area (Å²) in [6.07, 6.45) is 6.64. The topological polar surface area (TPSA) is 127 Å². The van der Waals surface area contributed by atoms with Gasteiger partial charge in [-0.05, 0) is 61.1 Å². The summed E-state index contributed by atoms with van der Waals surface area (Å²) >= 11 is 1.17. The van der Waals surface area contributed by atoms with Crippen LogP contribution < -0.4 is 11.1 Å². The predicted molar refractivity (Wildman–Crippen MR) is 201 cm³/mol. The maximum absolute atomic E-state index is 15.2. The van der Waals surface area contributed by atoms with Crippen LogP contribution in [0.25, 0.3) is 11.1 Å². The fourth-order valence-electron chi connectivity index (χ4n) is 6.45. The number of nitrogens with zero attached hydrogens (tertiary/aromatic N) is 2. The van der Waals surface area contributed by atoms with Crippen molar-refractivity contribution in [2.75, 3.05) is 31.2 Å². The second-order valence-corrected chi connectivity index (χ2v) is 21.2. The van der Waals surface area contributed by atoms with Crippen molar-refractivity contribution in [1.82, 2.24) is 14.8 Å². The third kappa shape index (κ3) is 12.5. The number of halogens is 2. The Bertz CT molecular complexity index is 1600. The fraction of sp³-hybridized carbons (Fsp3) is 0.500. The number of ether oxygens (including phenoxy) is 1. The molecule has 51 heavy (non-hydrogen) atoms. The lowest BCUT2D eigenvalue weighted by molar-refractivity contribution is -0.138. The second-order valence-electron chi connectivity index (χ2n) is 14.5. The van der Waals surface area contributed by atoms with Gasteiger partial charge >= 0.3 is 12.1 Å². The first-order valence-corrected chi connectivity index (χ1v) is 22.6. The van der Waals surface area contributed by atoms with Gasteiger partial charge in [0.2, 0.25) is 5.91 Å². The summed E-state index contributed by atoms with van der Waals surface area (Å²) < 4.78 is 37.1. The zero-order valence-electron chi connectivity index (χ0n) is 29.9. The van der Waals surface area contributed by atoms with Crippen LogP contribution in [0.15, 0.2) is 60.8 Å². The molecule has 13 heteroatoms. The number of aliphatic carboxylic acids is 1. The second kappa shape index (κ2) is 19.2. The van der Waals surface area contributed by atoms with E-state index in [1.807, 2.05) is 52.1 Å². The number of hydrogen-bond donors (Lipinski definition) is 3. The van der Waals surface area contributed by atoms with E-state index in [1.54, 1.807) is 0 Å². The molecule has 0 aliphatic heterocycles. The number of alkyl carbamates (subject to hydrolysis) is 1. The van der Waals surface area contributed by atoms with Gasteiger partial charge in [0.05, 0.1) is 18.4 Å². The zero-order valence-corrected chi connectivity index (χ0v) is 31.7. The van der Waals surface area contributed by atoms with Crippen LogP contribution in [0.3, 0.4) is 0 Å². The minimum atomic E-state index is -1.36. The average molecular weight is 743 g/mol. The van der Waals surface area contributed by atoms with Crippen LogP contribution >= 0.6 is 11.8 Å². The van der Waals surface area contributed by atoms with E-state index in [9.17, 15) is 23.9 Å². The number of carbonyl (C=O) groups is 3. The number of carbonyl (C=O) groups excluding carboxylic acids is 2. The minimum absolute atomic E-state index is 0.0150. The van der Waals surface area contributed by atoms with Gasteiger partial charge in [0.25, 0.3) is 0 Å². The SMILES string of the molecule is C[Si](C)(C)CCOC(=O)NCCCN(C(=O)CSC[C@H](N)C(=O)O)[C@@H](c1cc(-c2cc(F)ccc2F)cn1Cc1ccccc1)C1CCCCC1. The van der Waals surface area contributed by atoms with Gasteiger partial charge in [-0.3, -0.25) is 9.59 Å². The van der Waals surface area contributed by atoms with E-state index in [1.165, 1.54) is 17.8 Å². The van der Waals surface area contributed by atoms with Gasteiger partial charge < -0.3 is 30.4 Å². The Labute approximate surface area is 305 Å². The van der Waals surface area contributed by atoms with Crippen LogP contribution in [0.5, 0.6) is 0 Å². The van der Waals surface area contributed by atoms with Crippen LogP contribution in [0.4, 0.5) is 13.6 Å². The number of thioether (sulfide) groups is 1. The minimum Gasteiger partial charge on any atom is -0.480 e. The van der Waals surface area contributed by atoms with Crippen molar-refractivity contribution in [3.63, 3.8) is 0 Å². The van der Waals surface area contributed by atoms with Crippen LogP contribution in [0.2, 0.25) is 25.7 Å². The first-order valence-electron chi connectivity index (χ1n) is 17.8. The van der Waals surface area contributed by atoms with Gasteiger partial charge in [-0.2, -0.15) is 0 Å². The highest BCUT2D eigenvalue weighted by Gasteiger charge is 2.35. The van der Waals surface area contributed by atoms with Crippen molar-refractivity contribution in [2.45, 2.75) is 82.8 Å². The molecule has 2 aromatic carbocycles. The molecule has 1 aliphatic carbocycles. The van der Waals surface area contributed by atoms with Crippen LogP contribution in [-0.2, 0) is 20.9 Å². The van der Waals surface area contributed by atoms with E-state index in [0.29, 0.717) is 31.7 Å². The molecule has 0 bridgehead atoms. The van der Waals surface area contributed by atoms with Crippen LogP contribution in [-0.4, -0.2) is 77.9 Å². The molecule has 0 saturated heterocycles. The molecule has 1 heterocycles. The summed E-state index contributed by atoms with van der Waals surface area (Å²) in [6, 6.07) is 14.5. The number of amides is 2. The Morgan fingerprint density at radius 2 is 1.80 bits per heavy atom. The monoisotopic (exact) mass is 742 g/mol. The highest BCUT2D eigenvalue weighted by Crippen LogP contribution is 2.41. The lowest BCUT2D eigenvalue weighted by Crippen LogP contribution is -2.43. The highest BCUT2D eigenvalue weighted by atomic mass is 32.2. The Kier molecular flexibility index (Phi) is 15.1. The molecule has 0 radical (unpaired) electrons. The average Bonchev–Trinajstić information content (AvgIpc) is 3.49. The predicted octanol–water partition coefficient (Wildman–Crippen LogP) is 7.53. The molecule has 1 aromatic heterocycles. The first-order chi connectivity index (χ1) is 24.3. The molecular weight excluding hydrogens is 691 g/mol. The standard InChI is InChI=1S/C38H52F2N4O5SSi/c1-51(2,3)20-19-49-38(48)42-17-10-18-44(35(45)26-50-25-33(41)37(46)47)36(28-13-8-5-9-14-28)34-21-29(31-22-30(39)15-16-32(31)40)24-43(34)23-27-11-6-4-7-12-27/h4,6-7,11-12,15-16,21-22,24,28,33,36H,5,8-10,13-14,17-20,23,25-26,41H2,1-3H3,(H,42,48)(H,46,47)/t33-,36+/m0/s1. The van der Waals surface area contributed by atoms with E-state index in [2.05, 4.69) is 25.0 Å². The zero-order chi connectivity index (χ0) is 37.0. The van der Waals surface area contributed by atoms with E-state index < -0.39 is 43.9 Å². The van der Waals surface area contributed by atoms with Gasteiger partial charge in [0.1, 0.15) is 17.7 Å². The summed E-state index contributed by atoms with van der Waals surface area (Å²) in [5.41, 5.74) is 8.22. The molecule has 3 aromatic rings. The molecular formula is C38H52F2N4O5SSi. The van der Waals surface area contributed by atoms with Crippen molar-refractivity contribution in [1.29, 1.82) is 0 Å². The van der Waals surface area contributed by atoms with Crippen molar-refractivity contribution >= 4 is 37.8 Å². The quantitative estimate of drug-likeness (QED) is 0.0909. The molecule has 9 nitrogen and oxygen atoms in total. The molecule has 4 rings (SSSR count). The first kappa shape index (κ1) is 40.1. The normalized spacial score (nSPS) is 14.9. The lowest BCUT2D eigenvalue weighted by atomic mass is 9.81. The maximum atomic E-state index is 15.2. The highest BCUT2D eigenvalue weighted by molar-refractivity contribution is 8.00. The molecule has 2 amide bonds. The van der Waals surface area contributed by atoms with E-state index in [0.717, 1.165) is 61.5 Å². The molecule has 1 fully saturated rings. The Morgan fingerprint density at radius 3 is 2.49 bits per heavy atom. The van der Waals surface area contributed by atoms with E-state index >= 15 is 4.39 Å². The summed E-state index contributed by atoms with van der Waals surface area (Å²) in [5.74, 6) is -2.24. The third-order valence-electron chi connectivity index (χ3n) is 9.19. The molecule has 1 saturated carbocycles. The van der Waals surface area contributed by atoms with Crippen LogP contribution in [0.1, 0.15) is 55.8 Å². The molecule has 2 atom stereocenters. The largest absolute Gasteiger partial charge is 0.480 e. The van der Waals surface area contributed by atoms with Gasteiger partial charge in [-0.1, -0.05) is 69.2 Å².